The van der Waals surface area contributed by atoms with E-state index >= 15 is 0 Å². The number of nitrogens with two attached hydrogens (primary N) is 1. The predicted molar refractivity (Wildman–Crippen MR) is 81.8 cm³/mol. The Balaban J connectivity index is 2.26. The van der Waals surface area contributed by atoms with E-state index in [0.29, 0.717) is 16.7 Å². The molecule has 102 valence electrons. The lowest BCUT2D eigenvalue weighted by atomic mass is 10.2. The van der Waals surface area contributed by atoms with Crippen LogP contribution < -0.4 is 10.5 Å². The second-order valence-corrected chi connectivity index (χ2v) is 5.02. The Kier molecular flexibility index (Phi) is 3.03. The highest BCUT2D eigenvalue weighted by atomic mass is 35.5. The molecule has 0 radical (unpaired) electrons. The molecule has 4 nitrogen and oxygen atoms in total. The van der Waals surface area contributed by atoms with Crippen molar-refractivity contribution in [2.24, 2.45) is 0 Å². The van der Waals surface area contributed by atoms with Crippen LogP contribution in [0.1, 0.15) is 5.56 Å². The van der Waals surface area contributed by atoms with E-state index < -0.39 is 0 Å². The number of nitrogen functional groups attached to an aromatic ring is 1. The summed E-state index contributed by atoms with van der Waals surface area (Å²) in [6, 6.07) is 11.6. The molecule has 20 heavy (non-hydrogen) atoms. The van der Waals surface area contributed by atoms with Crippen molar-refractivity contribution in [1.82, 2.24) is 9.55 Å². The van der Waals surface area contributed by atoms with Gasteiger partial charge in [0.15, 0.2) is 0 Å². The monoisotopic (exact) mass is 287 g/mol. The lowest BCUT2D eigenvalue weighted by molar-refractivity contribution is 0.415. The molecule has 0 bridgehead atoms. The molecule has 0 atom stereocenters. The number of rotatable bonds is 2. The van der Waals surface area contributed by atoms with Crippen LogP contribution in [0.25, 0.3) is 16.7 Å². The number of hydrogen-bond donors (Lipinski definition) is 1. The number of methoxy groups -OCH3 is 1. The first-order valence-corrected chi connectivity index (χ1v) is 6.56. The van der Waals surface area contributed by atoms with Crippen molar-refractivity contribution in [3.8, 4) is 11.4 Å². The topological polar surface area (TPSA) is 53.1 Å². The minimum absolute atomic E-state index is 0.437. The summed E-state index contributed by atoms with van der Waals surface area (Å²) in [5.74, 6) is 1.07. The van der Waals surface area contributed by atoms with Crippen LogP contribution >= 0.6 is 11.6 Å². The summed E-state index contributed by atoms with van der Waals surface area (Å²) in [4.78, 5) is 4.37. The molecule has 0 aliphatic carbocycles. The zero-order valence-electron chi connectivity index (χ0n) is 11.2. The average molecular weight is 288 g/mol. The van der Waals surface area contributed by atoms with Gasteiger partial charge in [-0.3, -0.25) is 4.57 Å². The van der Waals surface area contributed by atoms with Gasteiger partial charge in [-0.1, -0.05) is 17.7 Å². The zero-order chi connectivity index (χ0) is 14.3. The van der Waals surface area contributed by atoms with Crippen molar-refractivity contribution >= 4 is 28.6 Å². The number of anilines is 1. The average Bonchev–Trinajstić information content (AvgIpc) is 2.74. The van der Waals surface area contributed by atoms with E-state index in [9.17, 15) is 0 Å². The molecule has 1 heterocycles. The van der Waals surface area contributed by atoms with Crippen LogP contribution in [0, 0.1) is 6.92 Å². The van der Waals surface area contributed by atoms with Crippen LogP contribution in [0.3, 0.4) is 0 Å². The van der Waals surface area contributed by atoms with Crippen LogP contribution in [0.15, 0.2) is 36.4 Å². The lowest BCUT2D eigenvalue weighted by Gasteiger charge is -2.09. The number of ether oxygens (including phenoxy) is 1. The molecule has 0 amide bonds. The Morgan fingerprint density at radius 2 is 2.00 bits per heavy atom. The Morgan fingerprint density at radius 1 is 1.20 bits per heavy atom. The first-order valence-electron chi connectivity index (χ1n) is 6.18. The van der Waals surface area contributed by atoms with Gasteiger partial charge >= 0.3 is 0 Å². The van der Waals surface area contributed by atoms with Crippen LogP contribution in [0.4, 0.5) is 5.95 Å². The quantitative estimate of drug-likeness (QED) is 0.784. The predicted octanol–water partition coefficient (Wildman–Crippen LogP) is 3.58. The third kappa shape index (κ3) is 1.98. The minimum Gasteiger partial charge on any atom is -0.495 e. The van der Waals surface area contributed by atoms with Gasteiger partial charge in [-0.05, 0) is 42.8 Å². The van der Waals surface area contributed by atoms with E-state index in [1.54, 1.807) is 7.11 Å². The molecular weight excluding hydrogens is 274 g/mol. The van der Waals surface area contributed by atoms with E-state index in [-0.39, 0.29) is 0 Å². The molecule has 2 aromatic carbocycles. The molecule has 1 aromatic heterocycles. The van der Waals surface area contributed by atoms with Gasteiger partial charge in [0.2, 0.25) is 5.95 Å². The summed E-state index contributed by atoms with van der Waals surface area (Å²) in [5, 5.41) is 0.541. The number of benzene rings is 2. The lowest BCUT2D eigenvalue weighted by Crippen LogP contribution is -2.01. The Hall–Kier alpha value is -2.20. The van der Waals surface area contributed by atoms with Gasteiger partial charge in [-0.25, -0.2) is 4.98 Å². The summed E-state index contributed by atoms with van der Waals surface area (Å²) >= 11 is 6.18. The van der Waals surface area contributed by atoms with E-state index in [4.69, 9.17) is 22.1 Å². The Bertz CT molecular complexity index is 795. The van der Waals surface area contributed by atoms with Crippen molar-refractivity contribution in [1.29, 1.82) is 0 Å². The molecule has 0 saturated heterocycles. The smallest absolute Gasteiger partial charge is 0.205 e. The molecule has 5 heteroatoms. The highest BCUT2D eigenvalue weighted by Crippen LogP contribution is 2.30. The highest BCUT2D eigenvalue weighted by Gasteiger charge is 2.11. The maximum atomic E-state index is 6.18. The summed E-state index contributed by atoms with van der Waals surface area (Å²) in [6.45, 7) is 2.04. The molecule has 0 aliphatic heterocycles. The second kappa shape index (κ2) is 4.72. The molecule has 3 rings (SSSR count). The van der Waals surface area contributed by atoms with Crippen LogP contribution in [-0.4, -0.2) is 16.7 Å². The van der Waals surface area contributed by atoms with Crippen molar-refractivity contribution in [3.05, 3.63) is 47.0 Å². The maximum Gasteiger partial charge on any atom is 0.205 e. The van der Waals surface area contributed by atoms with Gasteiger partial charge in [0.05, 0.1) is 28.9 Å². The molecule has 0 spiro atoms. The van der Waals surface area contributed by atoms with Crippen molar-refractivity contribution in [3.63, 3.8) is 0 Å². The molecule has 0 fully saturated rings. The number of hydrogen-bond acceptors (Lipinski definition) is 3. The summed E-state index contributed by atoms with van der Waals surface area (Å²) in [5.41, 5.74) is 9.87. The number of nitrogens with zero attached hydrogens (tertiary/aromatic N) is 2. The van der Waals surface area contributed by atoms with Crippen LogP contribution in [0.5, 0.6) is 5.75 Å². The maximum absolute atomic E-state index is 6.18. The van der Waals surface area contributed by atoms with Gasteiger partial charge in [0, 0.05) is 0 Å². The molecular formula is C15H14ClN3O. The van der Waals surface area contributed by atoms with Gasteiger partial charge < -0.3 is 10.5 Å². The van der Waals surface area contributed by atoms with Gasteiger partial charge in [-0.2, -0.15) is 0 Å². The largest absolute Gasteiger partial charge is 0.495 e. The summed E-state index contributed by atoms with van der Waals surface area (Å²) in [6.07, 6.45) is 0. The fraction of sp³-hybridized carbons (Fsp3) is 0.133. The highest BCUT2D eigenvalue weighted by molar-refractivity contribution is 6.32. The van der Waals surface area contributed by atoms with Gasteiger partial charge in [0.1, 0.15) is 5.75 Å². The van der Waals surface area contributed by atoms with Gasteiger partial charge in [0.25, 0.3) is 0 Å². The number of aryl methyl sites for hydroxylation is 1. The molecule has 0 aliphatic rings. The fourth-order valence-corrected chi connectivity index (χ4v) is 2.52. The molecule has 0 saturated carbocycles. The van der Waals surface area contributed by atoms with E-state index in [0.717, 1.165) is 22.3 Å². The van der Waals surface area contributed by atoms with Crippen molar-refractivity contribution in [2.45, 2.75) is 6.92 Å². The van der Waals surface area contributed by atoms with Crippen molar-refractivity contribution < 1.29 is 4.74 Å². The first kappa shape index (κ1) is 12.8. The number of halogens is 1. The standard InChI is InChI=1S/C15H14ClN3O/c1-9-3-5-12-13(7-9)19(15(17)18-12)10-4-6-14(20-2)11(16)8-10/h3-8H,1-2H3,(H2,17,18). The number of aromatic nitrogens is 2. The van der Waals surface area contributed by atoms with E-state index in [1.807, 2.05) is 41.8 Å². The Morgan fingerprint density at radius 3 is 2.70 bits per heavy atom. The second-order valence-electron chi connectivity index (χ2n) is 4.62. The van der Waals surface area contributed by atoms with E-state index in [2.05, 4.69) is 11.1 Å². The SMILES string of the molecule is COc1ccc(-n2c(N)nc3ccc(C)cc32)cc1Cl. The normalized spacial score (nSPS) is 10.9. The number of fused-ring (bicyclic) bond motifs is 1. The molecule has 0 unspecified atom stereocenters. The fourth-order valence-electron chi connectivity index (χ4n) is 2.27. The van der Waals surface area contributed by atoms with Crippen LogP contribution in [-0.2, 0) is 0 Å². The summed E-state index contributed by atoms with van der Waals surface area (Å²) < 4.78 is 7.05. The summed E-state index contributed by atoms with van der Waals surface area (Å²) in [7, 11) is 1.59. The van der Waals surface area contributed by atoms with Crippen LogP contribution in [0.2, 0.25) is 5.02 Å². The van der Waals surface area contributed by atoms with E-state index in [1.165, 1.54) is 0 Å². The van der Waals surface area contributed by atoms with Gasteiger partial charge in [-0.15, -0.1) is 0 Å². The Labute approximate surface area is 121 Å². The third-order valence-corrected chi connectivity index (χ3v) is 3.52. The van der Waals surface area contributed by atoms with Crippen molar-refractivity contribution in [2.75, 3.05) is 12.8 Å². The molecule has 3 aromatic rings. The number of imidazole rings is 1. The first-order chi connectivity index (χ1) is 9.60. The molecule has 2 N–H and O–H groups in total. The zero-order valence-corrected chi connectivity index (χ0v) is 12.0. The minimum atomic E-state index is 0.437. The third-order valence-electron chi connectivity index (χ3n) is 3.23.